The van der Waals surface area contributed by atoms with Crippen LogP contribution in [0.2, 0.25) is 0 Å². The fourth-order valence-electron chi connectivity index (χ4n) is 5.57. The molecule has 4 atom stereocenters. The summed E-state index contributed by atoms with van der Waals surface area (Å²) in [5, 5.41) is 41.2. The number of hydrogen-bond acceptors (Lipinski definition) is 14. The summed E-state index contributed by atoms with van der Waals surface area (Å²) in [6.07, 6.45) is -5.82. The summed E-state index contributed by atoms with van der Waals surface area (Å²) in [6, 6.07) is 18.3. The third kappa shape index (κ3) is 8.36. The number of carbonyl (C=O) groups is 1. The minimum Gasteiger partial charge on any atom is -0.507 e. The maximum atomic E-state index is 12.4. The Kier molecular flexibility index (Phi) is 11.7. The lowest BCUT2D eigenvalue weighted by molar-refractivity contribution is -0.0533. The molecule has 17 heteroatoms. The zero-order valence-electron chi connectivity index (χ0n) is 28.5. The van der Waals surface area contributed by atoms with E-state index in [1.165, 1.54) is 48.6 Å². The molecule has 1 fully saturated rings. The number of fused-ring (bicyclic) bond motifs is 2. The van der Waals surface area contributed by atoms with E-state index >= 15 is 0 Å². The number of anilines is 1. The van der Waals surface area contributed by atoms with Gasteiger partial charge in [0.25, 0.3) is 5.91 Å². The Hall–Kier alpha value is -4.91. The number of phenolic OH excluding ortho intramolecular Hbond substituents is 1. The molecule has 6 N–H and O–H groups in total. The van der Waals surface area contributed by atoms with Crippen LogP contribution < -0.4 is 15.2 Å². The summed E-state index contributed by atoms with van der Waals surface area (Å²) < 4.78 is 43.5. The van der Waals surface area contributed by atoms with Gasteiger partial charge in [-0.15, -0.1) is 5.10 Å². The molecule has 6 rings (SSSR count). The predicted molar refractivity (Wildman–Crippen MR) is 189 cm³/mol. The molecule has 0 unspecified atom stereocenters. The highest BCUT2D eigenvalue weighted by atomic mass is 32.2. The maximum absolute atomic E-state index is 12.4. The Morgan fingerprint density at radius 3 is 2.35 bits per heavy atom. The number of methoxy groups -OCH3 is 1. The van der Waals surface area contributed by atoms with Gasteiger partial charge in [0.05, 0.1) is 30.5 Å². The van der Waals surface area contributed by atoms with E-state index in [0.717, 1.165) is 22.1 Å². The minimum atomic E-state index is -4.69. The maximum Gasteiger partial charge on any atom is 0.362 e. The van der Waals surface area contributed by atoms with Gasteiger partial charge in [-0.2, -0.15) is 8.42 Å². The monoisotopic (exact) mass is 723 g/mol. The number of para-hydroxylation sites is 1. The third-order valence-corrected chi connectivity index (χ3v) is 9.39. The summed E-state index contributed by atoms with van der Waals surface area (Å²) in [7, 11) is -3.10. The summed E-state index contributed by atoms with van der Waals surface area (Å²) >= 11 is 0. The zero-order valence-corrected chi connectivity index (χ0v) is 29.3. The zero-order chi connectivity index (χ0) is 36.9. The number of aromatic nitrogens is 4. The number of pyridine rings is 1. The first kappa shape index (κ1) is 37.3. The topological polar surface area (TPSA) is 224 Å². The lowest BCUT2D eigenvalue weighted by atomic mass is 10.0. The van der Waals surface area contributed by atoms with Crippen LogP contribution in [0, 0.1) is 0 Å². The Morgan fingerprint density at radius 2 is 1.69 bits per heavy atom. The summed E-state index contributed by atoms with van der Waals surface area (Å²) in [6.45, 7) is 9.36. The molecular weight excluding hydrogens is 682 g/mol. The number of ether oxygens (including phenoxy) is 2. The van der Waals surface area contributed by atoms with Gasteiger partial charge in [0, 0.05) is 5.56 Å². The van der Waals surface area contributed by atoms with Gasteiger partial charge in [0.1, 0.15) is 29.8 Å². The second kappa shape index (κ2) is 16.0. The fraction of sp³-hybridized carbons (Fsp3) is 0.353. The number of carbonyl (C=O) groups excluding carboxylic acids is 1. The molecule has 0 spiro atoms. The molecule has 1 aliphatic heterocycles. The average molecular weight is 724 g/mol. The van der Waals surface area contributed by atoms with Crippen molar-refractivity contribution in [2.45, 2.75) is 45.3 Å². The summed E-state index contributed by atoms with van der Waals surface area (Å²) in [5.41, 5.74) is 7.68. The van der Waals surface area contributed by atoms with Crippen LogP contribution >= 0.6 is 0 Å². The number of rotatable bonds is 11. The van der Waals surface area contributed by atoms with Gasteiger partial charge in [-0.1, -0.05) is 56.3 Å². The molecule has 16 nitrogen and oxygen atoms in total. The first-order valence-electron chi connectivity index (χ1n) is 16.2. The molecule has 3 aromatic carbocycles. The number of aliphatic hydroxyl groups excluding tert-OH is 2. The van der Waals surface area contributed by atoms with Crippen LogP contribution in [0.5, 0.6) is 11.5 Å². The van der Waals surface area contributed by atoms with E-state index < -0.39 is 53.1 Å². The number of aliphatic hydroxyl groups is 2. The third-order valence-electron chi connectivity index (χ3n) is 8.50. The molecular formula is C34H41N7O9S. The summed E-state index contributed by atoms with van der Waals surface area (Å²) in [5.74, 6) is -0.769. The number of nitrogen functional groups attached to an aromatic ring is 1. The van der Waals surface area contributed by atoms with Gasteiger partial charge in [-0.25, -0.2) is 14.4 Å². The largest absolute Gasteiger partial charge is 0.507 e. The van der Waals surface area contributed by atoms with Crippen LogP contribution in [0.1, 0.15) is 37.4 Å². The molecule has 0 aliphatic carbocycles. The number of aromatic hydroxyl groups is 1. The predicted octanol–water partition coefficient (Wildman–Crippen LogP) is 2.60. The minimum absolute atomic E-state index is 0.0674. The van der Waals surface area contributed by atoms with Crippen LogP contribution in [0.15, 0.2) is 66.7 Å². The number of nitrogens with zero attached hydrogens (tertiary/aromatic N) is 5. The van der Waals surface area contributed by atoms with Crippen molar-refractivity contribution >= 4 is 43.8 Å². The molecule has 5 aromatic rings. The second-order valence-corrected chi connectivity index (χ2v) is 12.9. The number of phenols is 1. The van der Waals surface area contributed by atoms with E-state index in [4.69, 9.17) is 19.4 Å². The van der Waals surface area contributed by atoms with E-state index in [-0.39, 0.29) is 16.9 Å². The fourth-order valence-corrected chi connectivity index (χ4v) is 6.28. The average Bonchev–Trinajstić information content (AvgIpc) is 3.67. The van der Waals surface area contributed by atoms with Gasteiger partial charge < -0.3 is 35.4 Å². The van der Waals surface area contributed by atoms with Crippen LogP contribution in [-0.2, 0) is 19.2 Å². The highest BCUT2D eigenvalue weighted by Gasteiger charge is 2.45. The molecule has 0 saturated carbocycles. The molecule has 3 heterocycles. The van der Waals surface area contributed by atoms with Crippen molar-refractivity contribution in [3.8, 4) is 22.8 Å². The first-order valence-corrected chi connectivity index (χ1v) is 17.6. The Bertz CT molecular complexity index is 2100. The van der Waals surface area contributed by atoms with E-state index in [1.807, 2.05) is 36.4 Å². The Morgan fingerprint density at radius 1 is 1.00 bits per heavy atom. The van der Waals surface area contributed by atoms with Gasteiger partial charge in [-0.05, 0) is 66.8 Å². The molecule has 2 aromatic heterocycles. The van der Waals surface area contributed by atoms with Crippen LogP contribution in [0.25, 0.3) is 33.1 Å². The highest BCUT2D eigenvalue weighted by Crippen LogP contribution is 2.34. The molecule has 0 radical (unpaired) electrons. The molecule has 1 amide bonds. The molecule has 51 heavy (non-hydrogen) atoms. The van der Waals surface area contributed by atoms with E-state index in [1.54, 1.807) is 17.9 Å². The number of benzene rings is 3. The number of amides is 1. The molecule has 1 saturated heterocycles. The van der Waals surface area contributed by atoms with Crippen molar-refractivity contribution in [1.82, 2.24) is 29.6 Å². The summed E-state index contributed by atoms with van der Waals surface area (Å²) in [4.78, 5) is 19.1. The Balaban J connectivity index is 0.000000654. The normalized spacial score (nSPS) is 18.9. The van der Waals surface area contributed by atoms with Crippen molar-refractivity contribution in [1.29, 1.82) is 0 Å². The first-order chi connectivity index (χ1) is 24.4. The van der Waals surface area contributed by atoms with Crippen LogP contribution in [0.4, 0.5) is 5.82 Å². The van der Waals surface area contributed by atoms with E-state index in [0.29, 0.717) is 11.2 Å². The second-order valence-electron chi connectivity index (χ2n) is 11.6. The number of nitrogens with two attached hydrogens (primary N) is 1. The highest BCUT2D eigenvalue weighted by molar-refractivity contribution is 7.85. The van der Waals surface area contributed by atoms with Crippen molar-refractivity contribution in [3.05, 3.63) is 72.3 Å². The quantitative estimate of drug-likeness (QED) is 0.132. The lowest BCUT2D eigenvalue weighted by Crippen LogP contribution is -2.37. The van der Waals surface area contributed by atoms with Crippen LogP contribution in [-0.4, -0.2) is 106 Å². The van der Waals surface area contributed by atoms with Gasteiger partial charge in [0.15, 0.2) is 17.6 Å². The van der Waals surface area contributed by atoms with Gasteiger partial charge in [-0.3, -0.25) is 8.98 Å². The van der Waals surface area contributed by atoms with E-state index in [9.17, 15) is 28.5 Å². The van der Waals surface area contributed by atoms with Crippen LogP contribution in [0.3, 0.4) is 0 Å². The SMILES string of the molecule is CCN(CC)CC.COc1ccc2cc(-c3cc4c(nnn4[C@@H]4O[C@H](COS(=O)(=O)NC(=O)c5ccccc5O)[C@@H](O)[C@H]4O)c(N)n3)ccc2c1. The van der Waals surface area contributed by atoms with Crippen molar-refractivity contribution in [2.75, 3.05) is 39.1 Å². The standard InChI is InChI=1S/C28H26N6O9S.C6H15N/c1-41-17-9-8-14-10-16(7-6-15(14)11-17)19-12-20-23(26(29)30-19)31-33-34(20)28-25(37)24(36)22(43-28)13-42-44(39,40)32-27(38)18-4-2-3-5-21(18)35;1-4-7(5-2)6-3/h2-12,22,24-25,28,35-37H,13H2,1H3,(H2,29,30)(H,32,38);4-6H2,1-3H3/t22-,24-,25-,28-;/m1./s1. The van der Waals surface area contributed by atoms with Crippen molar-refractivity contribution < 1.29 is 42.2 Å². The smallest absolute Gasteiger partial charge is 0.362 e. The van der Waals surface area contributed by atoms with Crippen molar-refractivity contribution in [3.63, 3.8) is 0 Å². The van der Waals surface area contributed by atoms with Gasteiger partial charge >= 0.3 is 10.3 Å². The molecule has 1 aliphatic rings. The lowest BCUT2D eigenvalue weighted by Gasteiger charge is -2.16. The molecule has 272 valence electrons. The van der Waals surface area contributed by atoms with Gasteiger partial charge in [0.2, 0.25) is 0 Å². The number of hydrogen-bond donors (Lipinski definition) is 5. The Labute approximate surface area is 294 Å². The van der Waals surface area contributed by atoms with Crippen molar-refractivity contribution in [2.24, 2.45) is 0 Å². The van der Waals surface area contributed by atoms with E-state index in [2.05, 4.69) is 41.0 Å². The number of nitrogens with one attached hydrogen (secondary N) is 1. The molecule has 0 bridgehead atoms.